The first-order valence-corrected chi connectivity index (χ1v) is 6.84. The summed E-state index contributed by atoms with van der Waals surface area (Å²) in [6.45, 7) is 3.78. The number of hydrogen-bond donors (Lipinski definition) is 2. The van der Waals surface area contributed by atoms with Crippen molar-refractivity contribution in [3.05, 3.63) is 58.4 Å². The van der Waals surface area contributed by atoms with Crippen LogP contribution in [0.25, 0.3) is 0 Å². The second-order valence-electron chi connectivity index (χ2n) is 4.55. The lowest BCUT2D eigenvalue weighted by molar-refractivity contribution is 0.631. The highest BCUT2D eigenvalue weighted by Gasteiger charge is 2.06. The molecule has 0 atom stereocenters. The average molecular weight is 309 g/mol. The van der Waals surface area contributed by atoms with Crippen molar-refractivity contribution in [2.75, 3.05) is 10.6 Å². The van der Waals surface area contributed by atoms with Gasteiger partial charge in [0.05, 0.1) is 16.4 Å². The van der Waals surface area contributed by atoms with Gasteiger partial charge in [0.25, 0.3) is 0 Å². The molecule has 0 bridgehead atoms. The molecule has 2 aromatic carbocycles. The van der Waals surface area contributed by atoms with E-state index < -0.39 is 0 Å². The van der Waals surface area contributed by atoms with Gasteiger partial charge < -0.3 is 10.6 Å². The Labute approximate surface area is 128 Å². The highest BCUT2D eigenvalue weighted by molar-refractivity contribution is 7.80. The van der Waals surface area contributed by atoms with Crippen molar-refractivity contribution in [2.24, 2.45) is 0 Å². The van der Waals surface area contributed by atoms with Crippen LogP contribution in [-0.2, 0) is 0 Å². The molecule has 2 rings (SSSR count). The lowest BCUT2D eigenvalue weighted by atomic mass is 10.2. The minimum absolute atomic E-state index is 0.290. The summed E-state index contributed by atoms with van der Waals surface area (Å²) in [6, 6.07) is 10.5. The van der Waals surface area contributed by atoms with E-state index in [0.717, 1.165) is 11.1 Å². The van der Waals surface area contributed by atoms with Gasteiger partial charge in [0.15, 0.2) is 5.11 Å². The minimum atomic E-state index is -0.343. The summed E-state index contributed by atoms with van der Waals surface area (Å²) in [4.78, 5) is 0. The molecule has 0 fully saturated rings. The maximum absolute atomic E-state index is 13.7. The molecule has 2 aromatic rings. The highest BCUT2D eigenvalue weighted by Crippen LogP contribution is 2.23. The van der Waals surface area contributed by atoms with Gasteiger partial charge in [0.1, 0.15) is 5.82 Å². The van der Waals surface area contributed by atoms with E-state index in [0.29, 0.717) is 21.5 Å². The first-order chi connectivity index (χ1) is 9.45. The number of thiocarbonyl (C=S) groups is 1. The van der Waals surface area contributed by atoms with E-state index in [1.54, 1.807) is 6.07 Å². The van der Waals surface area contributed by atoms with Crippen LogP contribution in [-0.4, -0.2) is 5.11 Å². The lowest BCUT2D eigenvalue weighted by Gasteiger charge is -2.13. The molecule has 2 nitrogen and oxygen atoms in total. The molecule has 2 N–H and O–H groups in total. The van der Waals surface area contributed by atoms with Gasteiger partial charge in [-0.3, -0.25) is 0 Å². The Bertz CT molecular complexity index is 603. The monoisotopic (exact) mass is 308 g/mol. The van der Waals surface area contributed by atoms with E-state index in [1.807, 2.05) is 38.1 Å². The molecule has 0 spiro atoms. The van der Waals surface area contributed by atoms with E-state index in [2.05, 4.69) is 10.6 Å². The quantitative estimate of drug-likeness (QED) is 0.771. The van der Waals surface area contributed by atoms with E-state index in [9.17, 15) is 4.39 Å². The molecule has 0 saturated carbocycles. The Morgan fingerprint density at radius 3 is 2.15 bits per heavy atom. The van der Waals surface area contributed by atoms with Crippen molar-refractivity contribution in [3.63, 3.8) is 0 Å². The van der Waals surface area contributed by atoms with Crippen molar-refractivity contribution in [3.8, 4) is 0 Å². The van der Waals surface area contributed by atoms with Crippen LogP contribution in [0.15, 0.2) is 36.4 Å². The smallest absolute Gasteiger partial charge is 0.175 e. The fourth-order valence-corrected chi connectivity index (χ4v) is 2.22. The second kappa shape index (κ2) is 6.20. The number of halogens is 2. The first kappa shape index (κ1) is 14.8. The van der Waals surface area contributed by atoms with Crippen molar-refractivity contribution < 1.29 is 4.39 Å². The number of benzene rings is 2. The Morgan fingerprint density at radius 2 is 1.55 bits per heavy atom. The topological polar surface area (TPSA) is 24.1 Å². The Balaban J connectivity index is 2.09. The van der Waals surface area contributed by atoms with E-state index >= 15 is 0 Å². The van der Waals surface area contributed by atoms with Gasteiger partial charge in [-0.05, 0) is 61.5 Å². The van der Waals surface area contributed by atoms with E-state index in [-0.39, 0.29) is 5.82 Å². The average Bonchev–Trinajstić information content (AvgIpc) is 2.36. The van der Waals surface area contributed by atoms with E-state index in [1.165, 1.54) is 6.07 Å². The van der Waals surface area contributed by atoms with Crippen LogP contribution < -0.4 is 10.6 Å². The van der Waals surface area contributed by atoms with Gasteiger partial charge in [0, 0.05) is 0 Å². The zero-order valence-electron chi connectivity index (χ0n) is 11.1. The molecule has 20 heavy (non-hydrogen) atoms. The third-order valence-corrected chi connectivity index (χ3v) is 3.26. The summed E-state index contributed by atoms with van der Waals surface area (Å²) < 4.78 is 13.7. The summed E-state index contributed by atoms with van der Waals surface area (Å²) in [5.41, 5.74) is 2.93. The summed E-state index contributed by atoms with van der Waals surface area (Å²) in [6.07, 6.45) is 0. The van der Waals surface area contributed by atoms with Crippen LogP contribution in [0.2, 0.25) is 5.02 Å². The molecule has 0 amide bonds. The second-order valence-corrected chi connectivity index (χ2v) is 5.36. The summed E-state index contributed by atoms with van der Waals surface area (Å²) in [7, 11) is 0. The minimum Gasteiger partial charge on any atom is -0.331 e. The first-order valence-electron chi connectivity index (χ1n) is 6.06. The van der Waals surface area contributed by atoms with Crippen molar-refractivity contribution in [2.45, 2.75) is 13.8 Å². The summed E-state index contributed by atoms with van der Waals surface area (Å²) in [5.74, 6) is -0.343. The summed E-state index contributed by atoms with van der Waals surface area (Å²) in [5, 5.41) is 6.62. The Morgan fingerprint density at radius 1 is 1.00 bits per heavy atom. The number of hydrogen-bond acceptors (Lipinski definition) is 1. The predicted octanol–water partition coefficient (Wildman–Crippen LogP) is 4.90. The van der Waals surface area contributed by atoms with Gasteiger partial charge in [0.2, 0.25) is 0 Å². The number of rotatable bonds is 2. The van der Waals surface area contributed by atoms with Gasteiger partial charge in [-0.1, -0.05) is 23.7 Å². The molecule has 0 aromatic heterocycles. The van der Waals surface area contributed by atoms with Gasteiger partial charge in [-0.2, -0.15) is 0 Å². The fraction of sp³-hybridized carbons (Fsp3) is 0.133. The molecule has 0 aliphatic rings. The molecule has 5 heteroatoms. The zero-order valence-corrected chi connectivity index (χ0v) is 12.7. The van der Waals surface area contributed by atoms with Gasteiger partial charge in [-0.25, -0.2) is 4.39 Å². The predicted molar refractivity (Wildman–Crippen MR) is 87.2 cm³/mol. The van der Waals surface area contributed by atoms with Crippen molar-refractivity contribution in [1.29, 1.82) is 0 Å². The Hall–Kier alpha value is -1.65. The highest BCUT2D eigenvalue weighted by atomic mass is 35.5. The van der Waals surface area contributed by atoms with E-state index in [4.69, 9.17) is 23.8 Å². The number of aryl methyl sites for hydroxylation is 2. The van der Waals surface area contributed by atoms with Crippen LogP contribution in [0.5, 0.6) is 0 Å². The van der Waals surface area contributed by atoms with Gasteiger partial charge >= 0.3 is 0 Å². The van der Waals surface area contributed by atoms with Crippen molar-refractivity contribution in [1.82, 2.24) is 0 Å². The maximum atomic E-state index is 13.7. The maximum Gasteiger partial charge on any atom is 0.175 e. The molecule has 0 aliphatic heterocycles. The summed E-state index contributed by atoms with van der Waals surface area (Å²) >= 11 is 11.3. The Kier molecular flexibility index (Phi) is 4.57. The fourth-order valence-electron chi connectivity index (χ4n) is 1.72. The molecule has 0 radical (unpaired) electrons. The zero-order chi connectivity index (χ0) is 14.7. The largest absolute Gasteiger partial charge is 0.331 e. The SMILES string of the molecule is Cc1ccc(NC(=S)Nc2ccc(C)cc2Cl)c(F)c1. The molecular weight excluding hydrogens is 295 g/mol. The molecule has 0 heterocycles. The molecule has 0 unspecified atom stereocenters. The normalized spacial score (nSPS) is 10.2. The molecule has 0 aliphatic carbocycles. The van der Waals surface area contributed by atoms with Crippen LogP contribution >= 0.6 is 23.8 Å². The third-order valence-electron chi connectivity index (χ3n) is 2.75. The van der Waals surface area contributed by atoms with Gasteiger partial charge in [-0.15, -0.1) is 0 Å². The third kappa shape index (κ3) is 3.68. The van der Waals surface area contributed by atoms with Crippen LogP contribution in [0.4, 0.5) is 15.8 Å². The van der Waals surface area contributed by atoms with Crippen LogP contribution in [0.3, 0.4) is 0 Å². The molecule has 0 saturated heterocycles. The molecular formula is C15H14ClFN2S. The van der Waals surface area contributed by atoms with Crippen LogP contribution in [0.1, 0.15) is 11.1 Å². The lowest BCUT2D eigenvalue weighted by Crippen LogP contribution is -2.20. The molecule has 104 valence electrons. The van der Waals surface area contributed by atoms with Crippen LogP contribution in [0, 0.1) is 19.7 Å². The number of anilines is 2. The van der Waals surface area contributed by atoms with Crippen molar-refractivity contribution >= 4 is 40.3 Å². The number of nitrogens with one attached hydrogen (secondary N) is 2. The standard InChI is InChI=1S/C15H14ClFN2S/c1-9-3-5-13(11(16)7-9)18-15(20)19-14-6-4-10(2)8-12(14)17/h3-8H,1-2H3,(H2,18,19,20).